The summed E-state index contributed by atoms with van der Waals surface area (Å²) in [7, 11) is 0. The molecule has 138 valence electrons. The Morgan fingerprint density at radius 3 is 2.31 bits per heavy atom. The molecule has 0 saturated carbocycles. The predicted octanol–water partition coefficient (Wildman–Crippen LogP) is 6.03. The number of pyridine rings is 2. The lowest BCUT2D eigenvalue weighted by Gasteiger charge is -2.13. The van der Waals surface area contributed by atoms with E-state index in [0.29, 0.717) is 0 Å². The number of nitrogens with zero attached hydrogens (tertiary/aromatic N) is 3. The van der Waals surface area contributed by atoms with Crippen LogP contribution in [-0.2, 0) is 0 Å². The number of benzene rings is 3. The third kappa shape index (κ3) is 2.99. The summed E-state index contributed by atoms with van der Waals surface area (Å²) in [5.41, 5.74) is 4.66. The number of hydrogen-bond acceptors (Lipinski definition) is 4. The van der Waals surface area contributed by atoms with Crippen LogP contribution in [0.25, 0.3) is 44.1 Å². The van der Waals surface area contributed by atoms with E-state index in [1.165, 1.54) is 12.1 Å². The lowest BCUT2D eigenvalue weighted by atomic mass is 9.95. The van der Waals surface area contributed by atoms with Crippen LogP contribution in [0.3, 0.4) is 0 Å². The van der Waals surface area contributed by atoms with Crippen LogP contribution in [0, 0.1) is 10.1 Å². The molecule has 5 aromatic rings. The van der Waals surface area contributed by atoms with Crippen molar-refractivity contribution < 1.29 is 4.92 Å². The van der Waals surface area contributed by atoms with Gasteiger partial charge in [-0.3, -0.25) is 15.1 Å². The van der Waals surface area contributed by atoms with Gasteiger partial charge in [0.15, 0.2) is 0 Å². The Morgan fingerprint density at radius 1 is 0.793 bits per heavy atom. The van der Waals surface area contributed by atoms with Crippen LogP contribution in [0.5, 0.6) is 0 Å². The SMILES string of the molecule is O=[N+]([O-])c1ccc(-c2cc(-c3ccncc3)c3c(ccc4ccccc43)n2)cc1. The predicted molar refractivity (Wildman–Crippen MR) is 115 cm³/mol. The van der Waals surface area contributed by atoms with Crippen LogP contribution >= 0.6 is 0 Å². The molecule has 5 rings (SSSR count). The van der Waals surface area contributed by atoms with Crippen LogP contribution < -0.4 is 0 Å². The summed E-state index contributed by atoms with van der Waals surface area (Å²) in [5, 5.41) is 14.3. The number of aromatic nitrogens is 2. The van der Waals surface area contributed by atoms with Crippen molar-refractivity contribution in [3.63, 3.8) is 0 Å². The molecule has 5 nitrogen and oxygen atoms in total. The molecule has 0 radical (unpaired) electrons. The molecule has 0 bridgehead atoms. The van der Waals surface area contributed by atoms with Crippen LogP contribution in [0.15, 0.2) is 91.3 Å². The van der Waals surface area contributed by atoms with E-state index >= 15 is 0 Å². The van der Waals surface area contributed by atoms with E-state index in [4.69, 9.17) is 4.98 Å². The van der Waals surface area contributed by atoms with Crippen molar-refractivity contribution in [1.29, 1.82) is 0 Å². The van der Waals surface area contributed by atoms with E-state index in [-0.39, 0.29) is 5.69 Å². The molecule has 0 fully saturated rings. The lowest BCUT2D eigenvalue weighted by molar-refractivity contribution is -0.384. The minimum Gasteiger partial charge on any atom is -0.265 e. The van der Waals surface area contributed by atoms with Gasteiger partial charge in [-0.1, -0.05) is 30.3 Å². The van der Waals surface area contributed by atoms with E-state index < -0.39 is 4.92 Å². The Hall–Kier alpha value is -4.12. The average Bonchev–Trinajstić information content (AvgIpc) is 2.78. The molecule has 5 heteroatoms. The van der Waals surface area contributed by atoms with Gasteiger partial charge >= 0.3 is 0 Å². The van der Waals surface area contributed by atoms with Crippen LogP contribution in [0.2, 0.25) is 0 Å². The minimum absolute atomic E-state index is 0.0647. The van der Waals surface area contributed by atoms with Crippen LogP contribution in [-0.4, -0.2) is 14.9 Å². The molecular weight excluding hydrogens is 362 g/mol. The summed E-state index contributed by atoms with van der Waals surface area (Å²) >= 11 is 0. The van der Waals surface area contributed by atoms with Gasteiger partial charge in [0.05, 0.1) is 16.1 Å². The molecule has 0 N–H and O–H groups in total. The molecule has 2 heterocycles. The van der Waals surface area contributed by atoms with Crippen molar-refractivity contribution in [2.75, 3.05) is 0 Å². The molecule has 0 amide bonds. The van der Waals surface area contributed by atoms with Gasteiger partial charge in [-0.05, 0) is 58.3 Å². The maximum Gasteiger partial charge on any atom is 0.269 e. The summed E-state index contributed by atoms with van der Waals surface area (Å²) in [6.45, 7) is 0. The summed E-state index contributed by atoms with van der Waals surface area (Å²) < 4.78 is 0. The van der Waals surface area contributed by atoms with Gasteiger partial charge in [-0.25, -0.2) is 4.98 Å². The zero-order valence-electron chi connectivity index (χ0n) is 15.3. The monoisotopic (exact) mass is 377 g/mol. The average molecular weight is 377 g/mol. The van der Waals surface area contributed by atoms with Gasteiger partial charge in [0.2, 0.25) is 0 Å². The quantitative estimate of drug-likeness (QED) is 0.219. The zero-order chi connectivity index (χ0) is 19.8. The van der Waals surface area contributed by atoms with Crippen molar-refractivity contribution in [2.45, 2.75) is 0 Å². The Balaban J connectivity index is 1.82. The highest BCUT2D eigenvalue weighted by Gasteiger charge is 2.13. The second-order valence-electron chi connectivity index (χ2n) is 6.78. The van der Waals surface area contributed by atoms with E-state index in [0.717, 1.165) is 44.1 Å². The van der Waals surface area contributed by atoms with Gasteiger partial charge in [0.25, 0.3) is 5.69 Å². The number of nitro benzene ring substituents is 1. The summed E-state index contributed by atoms with van der Waals surface area (Å²) in [5.74, 6) is 0. The Morgan fingerprint density at radius 2 is 1.55 bits per heavy atom. The minimum atomic E-state index is -0.397. The fourth-order valence-corrected chi connectivity index (χ4v) is 3.67. The first-order chi connectivity index (χ1) is 14.2. The first-order valence-corrected chi connectivity index (χ1v) is 9.18. The normalized spacial score (nSPS) is 11.0. The largest absolute Gasteiger partial charge is 0.269 e. The summed E-state index contributed by atoms with van der Waals surface area (Å²) in [4.78, 5) is 19.6. The number of fused-ring (bicyclic) bond motifs is 3. The van der Waals surface area contributed by atoms with Crippen molar-refractivity contribution in [2.24, 2.45) is 0 Å². The number of non-ortho nitro benzene ring substituents is 1. The van der Waals surface area contributed by atoms with Crippen LogP contribution in [0.1, 0.15) is 0 Å². The standard InChI is InChI=1S/C24H15N3O2/c28-27(29)19-8-5-18(6-9-19)23-15-21(17-11-13-25-14-12-17)24-20-4-2-1-3-16(20)7-10-22(24)26-23/h1-15H. The Bertz CT molecular complexity index is 1360. The fourth-order valence-electron chi connectivity index (χ4n) is 3.67. The van der Waals surface area contributed by atoms with Crippen molar-refractivity contribution in [3.05, 3.63) is 101 Å². The zero-order valence-corrected chi connectivity index (χ0v) is 15.3. The second kappa shape index (κ2) is 6.80. The number of nitro groups is 1. The molecule has 0 unspecified atom stereocenters. The highest BCUT2D eigenvalue weighted by Crippen LogP contribution is 2.36. The molecule has 0 aliphatic rings. The first-order valence-electron chi connectivity index (χ1n) is 9.18. The smallest absolute Gasteiger partial charge is 0.265 e. The Labute approximate surface area is 166 Å². The maximum atomic E-state index is 11.0. The van der Waals surface area contributed by atoms with Gasteiger partial charge in [-0.2, -0.15) is 0 Å². The van der Waals surface area contributed by atoms with Crippen molar-refractivity contribution in [1.82, 2.24) is 9.97 Å². The molecule has 3 aromatic carbocycles. The van der Waals surface area contributed by atoms with Gasteiger partial charge in [0.1, 0.15) is 0 Å². The third-order valence-corrected chi connectivity index (χ3v) is 5.06. The molecule has 0 aliphatic carbocycles. The topological polar surface area (TPSA) is 68.9 Å². The van der Waals surface area contributed by atoms with Gasteiger partial charge < -0.3 is 0 Å². The van der Waals surface area contributed by atoms with Crippen molar-refractivity contribution >= 4 is 27.4 Å². The molecule has 29 heavy (non-hydrogen) atoms. The summed E-state index contributed by atoms with van der Waals surface area (Å²) in [6, 6.07) is 24.9. The number of rotatable bonds is 3. The van der Waals surface area contributed by atoms with Crippen molar-refractivity contribution in [3.8, 4) is 22.4 Å². The van der Waals surface area contributed by atoms with Crippen LogP contribution in [0.4, 0.5) is 5.69 Å². The summed E-state index contributed by atoms with van der Waals surface area (Å²) in [6.07, 6.45) is 3.55. The Kier molecular flexibility index (Phi) is 3.99. The molecule has 0 atom stereocenters. The highest BCUT2D eigenvalue weighted by atomic mass is 16.6. The fraction of sp³-hybridized carbons (Fsp3) is 0. The third-order valence-electron chi connectivity index (χ3n) is 5.06. The molecule has 2 aromatic heterocycles. The first kappa shape index (κ1) is 17.0. The number of hydrogen-bond donors (Lipinski definition) is 0. The van der Waals surface area contributed by atoms with E-state index in [9.17, 15) is 10.1 Å². The van der Waals surface area contributed by atoms with E-state index in [1.807, 2.05) is 36.4 Å². The lowest BCUT2D eigenvalue weighted by Crippen LogP contribution is -1.92. The highest BCUT2D eigenvalue weighted by molar-refractivity contribution is 6.13. The second-order valence-corrected chi connectivity index (χ2v) is 6.78. The molecule has 0 saturated heterocycles. The molecule has 0 spiro atoms. The maximum absolute atomic E-state index is 11.0. The van der Waals surface area contributed by atoms with Gasteiger partial charge in [0, 0.05) is 35.5 Å². The molecular formula is C24H15N3O2. The van der Waals surface area contributed by atoms with E-state index in [2.05, 4.69) is 23.2 Å². The van der Waals surface area contributed by atoms with E-state index in [1.54, 1.807) is 24.5 Å². The van der Waals surface area contributed by atoms with Gasteiger partial charge in [-0.15, -0.1) is 0 Å². The molecule has 0 aliphatic heterocycles.